The molecule has 0 aromatic heterocycles. The van der Waals surface area contributed by atoms with E-state index in [4.69, 9.17) is 4.74 Å². The zero-order valence-corrected chi connectivity index (χ0v) is 13.3. The highest BCUT2D eigenvalue weighted by Crippen LogP contribution is 2.30. The fourth-order valence-corrected chi connectivity index (χ4v) is 2.19. The summed E-state index contributed by atoms with van der Waals surface area (Å²) in [5, 5.41) is 6.38. The van der Waals surface area contributed by atoms with E-state index in [1.807, 2.05) is 30.0 Å². The van der Waals surface area contributed by atoms with E-state index in [1.165, 1.54) is 0 Å². The Morgan fingerprint density at radius 3 is 2.95 bits per heavy atom. The van der Waals surface area contributed by atoms with Gasteiger partial charge in [-0.05, 0) is 44.7 Å². The predicted octanol–water partition coefficient (Wildman–Crippen LogP) is 2.81. The van der Waals surface area contributed by atoms with Gasteiger partial charge in [-0.25, -0.2) is 0 Å². The topological polar surface area (TPSA) is 50.4 Å². The van der Waals surface area contributed by atoms with Crippen molar-refractivity contribution in [2.75, 3.05) is 24.7 Å². The molecule has 0 spiro atoms. The van der Waals surface area contributed by atoms with Crippen LogP contribution in [-0.4, -0.2) is 30.1 Å². The van der Waals surface area contributed by atoms with Gasteiger partial charge in [-0.1, -0.05) is 6.07 Å². The quantitative estimate of drug-likeness (QED) is 0.877. The molecule has 0 bridgehead atoms. The van der Waals surface area contributed by atoms with E-state index >= 15 is 0 Å². The number of hydrogen-bond acceptors (Lipinski definition) is 4. The lowest BCUT2D eigenvalue weighted by Crippen LogP contribution is -2.33. The Morgan fingerprint density at radius 1 is 1.50 bits per heavy atom. The number of nitrogens with one attached hydrogen (secondary N) is 2. The Labute approximate surface area is 124 Å². The van der Waals surface area contributed by atoms with Crippen molar-refractivity contribution in [2.24, 2.45) is 0 Å². The van der Waals surface area contributed by atoms with Crippen molar-refractivity contribution in [1.29, 1.82) is 0 Å². The summed E-state index contributed by atoms with van der Waals surface area (Å²) in [6, 6.07) is 6.17. The molecule has 1 atom stereocenters. The van der Waals surface area contributed by atoms with Gasteiger partial charge in [0, 0.05) is 17.3 Å². The molecule has 1 heterocycles. The zero-order valence-electron chi connectivity index (χ0n) is 12.4. The van der Waals surface area contributed by atoms with Gasteiger partial charge in [-0.2, -0.15) is 11.8 Å². The lowest BCUT2D eigenvalue weighted by atomic mass is 10.1. The minimum Gasteiger partial charge on any atom is -0.482 e. The number of ether oxygens (including phenoxy) is 1. The second kappa shape index (κ2) is 6.06. The van der Waals surface area contributed by atoms with Crippen LogP contribution in [0.1, 0.15) is 32.4 Å². The average molecular weight is 294 g/mol. The van der Waals surface area contributed by atoms with Crippen LogP contribution >= 0.6 is 11.8 Å². The molecule has 2 rings (SSSR count). The Balaban J connectivity index is 2.05. The van der Waals surface area contributed by atoms with Crippen LogP contribution in [0.5, 0.6) is 5.75 Å². The maximum atomic E-state index is 11.3. The molecule has 1 aliphatic rings. The molecule has 0 fully saturated rings. The molecule has 1 aromatic carbocycles. The summed E-state index contributed by atoms with van der Waals surface area (Å²) in [5.74, 6) is 0.642. The molecule has 1 aliphatic heterocycles. The zero-order chi connectivity index (χ0) is 14.8. The summed E-state index contributed by atoms with van der Waals surface area (Å²) < 4.78 is 5.57. The van der Waals surface area contributed by atoms with Gasteiger partial charge in [0.1, 0.15) is 5.75 Å². The minimum absolute atomic E-state index is 0.0984. The van der Waals surface area contributed by atoms with E-state index in [2.05, 4.69) is 37.7 Å². The molecular weight excluding hydrogens is 272 g/mol. The molecule has 2 N–H and O–H groups in total. The number of thioether (sulfide) groups is 1. The Bertz CT molecular complexity index is 503. The van der Waals surface area contributed by atoms with E-state index in [9.17, 15) is 4.79 Å². The average Bonchev–Trinajstić information content (AvgIpc) is 2.44. The smallest absolute Gasteiger partial charge is 0.262 e. The van der Waals surface area contributed by atoms with E-state index in [1.54, 1.807) is 0 Å². The molecule has 0 radical (unpaired) electrons. The summed E-state index contributed by atoms with van der Waals surface area (Å²) in [5.41, 5.74) is 1.91. The number of anilines is 1. The third-order valence-corrected chi connectivity index (χ3v) is 4.77. The maximum absolute atomic E-state index is 11.3. The lowest BCUT2D eigenvalue weighted by Gasteiger charge is -2.26. The molecule has 5 heteroatoms. The van der Waals surface area contributed by atoms with Crippen LogP contribution in [0.15, 0.2) is 18.2 Å². The molecule has 0 saturated heterocycles. The Hall–Kier alpha value is -1.20. The summed E-state index contributed by atoms with van der Waals surface area (Å²) in [6.45, 7) is 7.59. The van der Waals surface area contributed by atoms with E-state index in [0.717, 1.165) is 23.5 Å². The normalized spacial score (nSPS) is 16.1. The van der Waals surface area contributed by atoms with Crippen LogP contribution in [0.4, 0.5) is 5.69 Å². The first-order chi connectivity index (χ1) is 9.41. The van der Waals surface area contributed by atoms with Crippen molar-refractivity contribution >= 4 is 23.4 Å². The fraction of sp³-hybridized carbons (Fsp3) is 0.533. The fourth-order valence-electron chi connectivity index (χ4n) is 1.96. The molecule has 1 unspecified atom stereocenters. The monoisotopic (exact) mass is 294 g/mol. The van der Waals surface area contributed by atoms with E-state index in [0.29, 0.717) is 0 Å². The molecule has 20 heavy (non-hydrogen) atoms. The van der Waals surface area contributed by atoms with Crippen LogP contribution in [0.25, 0.3) is 0 Å². The molecule has 1 amide bonds. The first kappa shape index (κ1) is 15.2. The van der Waals surface area contributed by atoms with Crippen LogP contribution in [0, 0.1) is 0 Å². The van der Waals surface area contributed by atoms with Crippen LogP contribution in [0.3, 0.4) is 0 Å². The van der Waals surface area contributed by atoms with Crippen molar-refractivity contribution in [3.8, 4) is 5.75 Å². The summed E-state index contributed by atoms with van der Waals surface area (Å²) in [6.07, 6.45) is 2.12. The summed E-state index contributed by atoms with van der Waals surface area (Å²) >= 11 is 1.85. The number of carbonyl (C=O) groups excluding carboxylic acids is 1. The first-order valence-electron chi connectivity index (χ1n) is 6.76. The lowest BCUT2D eigenvalue weighted by molar-refractivity contribution is -0.118. The van der Waals surface area contributed by atoms with Gasteiger partial charge in [0.15, 0.2) is 6.61 Å². The highest BCUT2D eigenvalue weighted by atomic mass is 32.2. The summed E-state index contributed by atoms with van der Waals surface area (Å²) in [4.78, 5) is 11.3. The van der Waals surface area contributed by atoms with Crippen molar-refractivity contribution in [3.63, 3.8) is 0 Å². The predicted molar refractivity (Wildman–Crippen MR) is 84.6 cm³/mol. The number of benzene rings is 1. The van der Waals surface area contributed by atoms with Crippen molar-refractivity contribution in [3.05, 3.63) is 23.8 Å². The van der Waals surface area contributed by atoms with Gasteiger partial charge in [-0.3, -0.25) is 4.79 Å². The number of carbonyl (C=O) groups is 1. The first-order valence-corrected chi connectivity index (χ1v) is 7.99. The summed E-state index contributed by atoms with van der Waals surface area (Å²) in [7, 11) is 0. The highest BCUT2D eigenvalue weighted by molar-refractivity contribution is 7.99. The minimum atomic E-state index is -0.0984. The van der Waals surface area contributed by atoms with E-state index < -0.39 is 0 Å². The number of amides is 1. The molecule has 110 valence electrons. The largest absolute Gasteiger partial charge is 0.482 e. The van der Waals surface area contributed by atoms with Gasteiger partial charge >= 0.3 is 0 Å². The molecule has 0 aliphatic carbocycles. The number of rotatable bonds is 5. The highest BCUT2D eigenvalue weighted by Gasteiger charge is 2.19. The second-order valence-electron chi connectivity index (χ2n) is 5.66. The van der Waals surface area contributed by atoms with Gasteiger partial charge in [-0.15, -0.1) is 0 Å². The second-order valence-corrected chi connectivity index (χ2v) is 7.17. The molecular formula is C15H22N2O2S. The van der Waals surface area contributed by atoms with Crippen LogP contribution < -0.4 is 15.4 Å². The molecule has 1 aromatic rings. The number of fused-ring (bicyclic) bond motifs is 1. The molecule has 0 saturated carbocycles. The SMILES string of the molecule is CSC(C)(C)CNC(C)c1ccc2c(c1)NC(=O)CO2. The third-order valence-electron chi connectivity index (χ3n) is 3.52. The van der Waals surface area contributed by atoms with Crippen molar-refractivity contribution in [1.82, 2.24) is 5.32 Å². The Morgan fingerprint density at radius 2 is 2.25 bits per heavy atom. The van der Waals surface area contributed by atoms with Gasteiger partial charge in [0.2, 0.25) is 0 Å². The maximum Gasteiger partial charge on any atom is 0.262 e. The van der Waals surface area contributed by atoms with E-state index in [-0.39, 0.29) is 23.3 Å². The Kier molecular flexibility index (Phi) is 4.60. The number of hydrogen-bond donors (Lipinski definition) is 2. The third kappa shape index (κ3) is 3.67. The molecule has 4 nitrogen and oxygen atoms in total. The van der Waals surface area contributed by atoms with Crippen molar-refractivity contribution < 1.29 is 9.53 Å². The van der Waals surface area contributed by atoms with Crippen molar-refractivity contribution in [2.45, 2.75) is 31.6 Å². The van der Waals surface area contributed by atoms with Gasteiger partial charge < -0.3 is 15.4 Å². The standard InChI is InChI=1S/C15H22N2O2S/c1-10(16-9-15(2,3)20-4)11-5-6-13-12(7-11)17-14(18)8-19-13/h5-7,10,16H,8-9H2,1-4H3,(H,17,18). The van der Waals surface area contributed by atoms with Crippen LogP contribution in [0.2, 0.25) is 0 Å². The van der Waals surface area contributed by atoms with Gasteiger partial charge in [0.05, 0.1) is 5.69 Å². The van der Waals surface area contributed by atoms with Gasteiger partial charge in [0.25, 0.3) is 5.91 Å². The van der Waals surface area contributed by atoms with Crippen LogP contribution in [-0.2, 0) is 4.79 Å².